The molecule has 3 unspecified atom stereocenters. The van der Waals surface area contributed by atoms with Crippen LogP contribution in [0.3, 0.4) is 0 Å². The Balaban J connectivity index is 1.58. The predicted octanol–water partition coefficient (Wildman–Crippen LogP) is 1.54. The standard InChI is InChI=1S/C31H37N3O7/c1-5-14(2)33-17-8-6-15(7-9-17)18-10-11-21(35)23-19(18)12-16-13-20-25(34(3)4)27(37)24(30(32)40)29(39)31(20,41)28(38)22(16)26(23)36/h6-11,14,16,20,22,24-25,27,33,35,37,41H,5,12-13H2,1-4H3,(H2,32,40)/t14?,16-,20-,22?,24+,25-,27?,31-/m0/s1. The predicted molar refractivity (Wildman–Crippen MR) is 151 cm³/mol. The summed E-state index contributed by atoms with van der Waals surface area (Å²) < 4.78 is 0. The Morgan fingerprint density at radius 2 is 1.78 bits per heavy atom. The number of amides is 1. The maximum atomic E-state index is 14.0. The van der Waals surface area contributed by atoms with E-state index in [-0.39, 0.29) is 24.2 Å². The highest BCUT2D eigenvalue weighted by Gasteiger charge is 2.69. The van der Waals surface area contributed by atoms with Crippen LogP contribution in [-0.2, 0) is 20.8 Å². The fourth-order valence-electron chi connectivity index (χ4n) is 7.23. The van der Waals surface area contributed by atoms with Gasteiger partial charge in [-0.05, 0) is 81.1 Å². The zero-order valence-electron chi connectivity index (χ0n) is 23.6. The minimum Gasteiger partial charge on any atom is -0.507 e. The number of rotatable bonds is 6. The third-order valence-electron chi connectivity index (χ3n) is 9.39. The highest BCUT2D eigenvalue weighted by Crippen LogP contribution is 2.52. The van der Waals surface area contributed by atoms with Gasteiger partial charge in [-0.25, -0.2) is 0 Å². The van der Waals surface area contributed by atoms with Gasteiger partial charge in [0.2, 0.25) is 5.91 Å². The van der Waals surface area contributed by atoms with Crippen molar-refractivity contribution in [2.75, 3.05) is 19.4 Å². The summed E-state index contributed by atoms with van der Waals surface area (Å²) >= 11 is 0. The van der Waals surface area contributed by atoms with E-state index in [0.717, 1.165) is 23.2 Å². The van der Waals surface area contributed by atoms with Crippen LogP contribution in [0.1, 0.15) is 42.6 Å². The lowest BCUT2D eigenvalue weighted by atomic mass is 9.52. The molecule has 10 heteroatoms. The number of nitrogens with zero attached hydrogens (tertiary/aromatic N) is 1. The molecule has 3 aliphatic rings. The van der Waals surface area contributed by atoms with Crippen LogP contribution >= 0.6 is 0 Å². The molecule has 2 aromatic rings. The number of aliphatic hydroxyl groups excluding tert-OH is 1. The van der Waals surface area contributed by atoms with Gasteiger partial charge in [0, 0.05) is 23.7 Å². The van der Waals surface area contributed by atoms with Gasteiger partial charge >= 0.3 is 0 Å². The van der Waals surface area contributed by atoms with Crippen molar-refractivity contribution in [3.05, 3.63) is 47.5 Å². The minimum absolute atomic E-state index is 0.000129. The van der Waals surface area contributed by atoms with E-state index in [9.17, 15) is 34.5 Å². The number of anilines is 1. The molecule has 0 heterocycles. The van der Waals surface area contributed by atoms with Crippen LogP contribution in [0.15, 0.2) is 36.4 Å². The van der Waals surface area contributed by atoms with Crippen LogP contribution in [0.2, 0.25) is 0 Å². The molecule has 2 saturated carbocycles. The molecule has 10 nitrogen and oxygen atoms in total. The molecule has 0 radical (unpaired) electrons. The van der Waals surface area contributed by atoms with E-state index in [2.05, 4.69) is 19.2 Å². The van der Waals surface area contributed by atoms with Crippen LogP contribution in [0.5, 0.6) is 5.75 Å². The number of Topliss-reactive ketones (excluding diaryl/α,β-unsaturated/α-hetero) is 3. The van der Waals surface area contributed by atoms with Crippen LogP contribution < -0.4 is 11.1 Å². The molecule has 2 fully saturated rings. The monoisotopic (exact) mass is 563 g/mol. The topological polar surface area (TPSA) is 170 Å². The molecule has 0 spiro atoms. The molecule has 2 aromatic carbocycles. The molecule has 0 saturated heterocycles. The number of nitrogens with two attached hydrogens (primary N) is 1. The Kier molecular flexibility index (Phi) is 7.30. The van der Waals surface area contributed by atoms with E-state index in [1.54, 1.807) is 25.1 Å². The zero-order valence-corrected chi connectivity index (χ0v) is 23.6. The summed E-state index contributed by atoms with van der Waals surface area (Å²) in [5.41, 5.74) is 5.87. The number of carbonyl (C=O) groups excluding carboxylic acids is 4. The number of hydrogen-bond acceptors (Lipinski definition) is 9. The lowest BCUT2D eigenvalue weighted by molar-refractivity contribution is -0.190. The van der Waals surface area contributed by atoms with Gasteiger partial charge in [0.1, 0.15) is 11.7 Å². The third kappa shape index (κ3) is 4.36. The Bertz CT molecular complexity index is 1420. The molecule has 3 aliphatic carbocycles. The number of hydrogen-bond donors (Lipinski definition) is 5. The van der Waals surface area contributed by atoms with Crippen LogP contribution in [0.4, 0.5) is 5.69 Å². The lowest BCUT2D eigenvalue weighted by Gasteiger charge is -2.54. The number of fused-ring (bicyclic) bond motifs is 3. The highest BCUT2D eigenvalue weighted by atomic mass is 16.3. The van der Waals surface area contributed by atoms with Crippen molar-refractivity contribution in [2.24, 2.45) is 29.4 Å². The van der Waals surface area contributed by atoms with Gasteiger partial charge in [0.25, 0.3) is 0 Å². The first-order valence-electron chi connectivity index (χ1n) is 14.0. The number of nitrogens with one attached hydrogen (secondary N) is 1. The molecule has 8 atom stereocenters. The Morgan fingerprint density at radius 1 is 1.12 bits per heavy atom. The first-order valence-corrected chi connectivity index (χ1v) is 14.0. The average Bonchev–Trinajstić information content (AvgIpc) is 2.91. The van der Waals surface area contributed by atoms with Gasteiger partial charge < -0.3 is 31.3 Å². The number of ketones is 3. The second kappa shape index (κ2) is 10.3. The average molecular weight is 564 g/mol. The van der Waals surface area contributed by atoms with Crippen molar-refractivity contribution in [3.8, 4) is 16.9 Å². The third-order valence-corrected chi connectivity index (χ3v) is 9.39. The van der Waals surface area contributed by atoms with E-state index in [1.165, 1.54) is 6.07 Å². The van der Waals surface area contributed by atoms with Gasteiger partial charge in [-0.15, -0.1) is 0 Å². The van der Waals surface area contributed by atoms with Gasteiger partial charge in [-0.2, -0.15) is 0 Å². The van der Waals surface area contributed by atoms with Crippen molar-refractivity contribution in [1.29, 1.82) is 0 Å². The molecule has 0 aromatic heterocycles. The molecule has 5 rings (SSSR count). The molecular formula is C31H37N3O7. The van der Waals surface area contributed by atoms with Crippen LogP contribution in [-0.4, -0.2) is 81.4 Å². The number of likely N-dealkylation sites (N-methyl/N-ethyl adjacent to an activating group) is 1. The summed E-state index contributed by atoms with van der Waals surface area (Å²) in [7, 11) is 3.24. The maximum absolute atomic E-state index is 14.0. The van der Waals surface area contributed by atoms with Crippen molar-refractivity contribution in [3.63, 3.8) is 0 Å². The molecule has 1 amide bonds. The van der Waals surface area contributed by atoms with E-state index in [1.807, 2.05) is 24.3 Å². The highest BCUT2D eigenvalue weighted by molar-refractivity contribution is 6.25. The molecule has 218 valence electrons. The smallest absolute Gasteiger partial charge is 0.230 e. The van der Waals surface area contributed by atoms with E-state index >= 15 is 0 Å². The Hall–Kier alpha value is -3.60. The molecule has 6 N–H and O–H groups in total. The minimum atomic E-state index is -2.67. The van der Waals surface area contributed by atoms with Crippen molar-refractivity contribution >= 4 is 28.9 Å². The quantitative estimate of drug-likeness (QED) is 0.327. The van der Waals surface area contributed by atoms with Gasteiger partial charge in [-0.3, -0.25) is 19.2 Å². The largest absolute Gasteiger partial charge is 0.507 e. The summed E-state index contributed by atoms with van der Waals surface area (Å²) in [6.07, 6.45) is -0.252. The Morgan fingerprint density at radius 3 is 2.37 bits per heavy atom. The summed E-state index contributed by atoms with van der Waals surface area (Å²) in [6.45, 7) is 4.18. The second-order valence-corrected chi connectivity index (χ2v) is 12.0. The Labute approximate surface area is 238 Å². The second-order valence-electron chi connectivity index (χ2n) is 12.0. The SMILES string of the molecule is CCC(C)Nc1ccc(-c2ccc(O)c3c2C[C@H]2C[C@H]4[C@H](N(C)C)C(O)[C@@H](C(N)=O)C(=O)[C@@]4(O)C(=O)C2C3=O)cc1. The maximum Gasteiger partial charge on any atom is 0.230 e. The number of primary amides is 1. The zero-order chi connectivity index (χ0) is 30.0. The van der Waals surface area contributed by atoms with Crippen molar-refractivity contribution < 1.29 is 34.5 Å². The molecular weight excluding hydrogens is 526 g/mol. The number of aromatic hydroxyl groups is 1. The van der Waals surface area contributed by atoms with Crippen molar-refractivity contribution in [1.82, 2.24) is 4.90 Å². The first-order chi connectivity index (χ1) is 19.3. The van der Waals surface area contributed by atoms with E-state index in [0.29, 0.717) is 11.6 Å². The number of carbonyl (C=O) groups is 4. The van der Waals surface area contributed by atoms with Gasteiger partial charge in [-0.1, -0.05) is 25.1 Å². The van der Waals surface area contributed by atoms with Gasteiger partial charge in [0.15, 0.2) is 23.0 Å². The number of phenols is 1. The fourth-order valence-corrected chi connectivity index (χ4v) is 7.23. The number of benzene rings is 2. The number of phenolic OH excluding ortho intramolecular Hbond substituents is 1. The van der Waals surface area contributed by atoms with E-state index in [4.69, 9.17) is 5.73 Å². The summed E-state index contributed by atoms with van der Waals surface area (Å²) in [4.78, 5) is 55.1. The van der Waals surface area contributed by atoms with Gasteiger partial charge in [0.05, 0.1) is 17.6 Å². The molecule has 41 heavy (non-hydrogen) atoms. The summed E-state index contributed by atoms with van der Waals surface area (Å²) in [6, 6.07) is 10.3. The molecule has 0 bridgehead atoms. The molecule has 0 aliphatic heterocycles. The van der Waals surface area contributed by atoms with Crippen LogP contribution in [0.25, 0.3) is 11.1 Å². The van der Waals surface area contributed by atoms with Crippen molar-refractivity contribution in [2.45, 2.75) is 56.9 Å². The van der Waals surface area contributed by atoms with E-state index < -0.39 is 64.7 Å². The summed E-state index contributed by atoms with van der Waals surface area (Å²) in [5, 5.41) is 36.9. The van der Waals surface area contributed by atoms with Crippen LogP contribution in [0, 0.1) is 23.7 Å². The fraction of sp³-hybridized carbons (Fsp3) is 0.484. The number of aliphatic hydroxyl groups is 2. The summed E-state index contributed by atoms with van der Waals surface area (Å²) in [5.74, 6) is -9.12. The first kappa shape index (κ1) is 28.9. The normalized spacial score (nSPS) is 31.7. The lowest BCUT2D eigenvalue weighted by Crippen LogP contribution is -2.75.